The lowest BCUT2D eigenvalue weighted by Crippen LogP contribution is -2.41. The molecule has 2 aromatic rings. The highest BCUT2D eigenvalue weighted by Gasteiger charge is 2.31. The van der Waals surface area contributed by atoms with Gasteiger partial charge in [-0.1, -0.05) is 49.6 Å². The van der Waals surface area contributed by atoms with Crippen LogP contribution in [0.3, 0.4) is 0 Å². The number of aromatic nitrogens is 1. The highest BCUT2D eigenvalue weighted by Crippen LogP contribution is 2.33. The number of likely N-dealkylation sites (tertiary alicyclic amines) is 1. The zero-order chi connectivity index (χ0) is 21.6. The Morgan fingerprint density at radius 3 is 2.45 bits per heavy atom. The molecule has 2 aliphatic rings. The molecule has 0 atom stereocenters. The Morgan fingerprint density at radius 2 is 1.77 bits per heavy atom. The SMILES string of the molecule is CCN(Cc1ccccc1)C(=O)c1csc(C2CCN(C(=O)C3CCCCC3)CC2)n1. The van der Waals surface area contributed by atoms with Crippen LogP contribution in [-0.4, -0.2) is 46.2 Å². The molecule has 1 aromatic heterocycles. The number of nitrogens with zero attached hydrogens (tertiary/aromatic N) is 3. The smallest absolute Gasteiger partial charge is 0.273 e. The summed E-state index contributed by atoms with van der Waals surface area (Å²) in [6.07, 6.45) is 7.69. The second-order valence-corrected chi connectivity index (χ2v) is 9.70. The standard InChI is InChI=1S/C25H33N3O2S/c1-2-27(17-19-9-5-3-6-10-19)25(30)22-18-31-23(26-22)20-13-15-28(16-14-20)24(29)21-11-7-4-8-12-21/h3,5-6,9-10,18,20-21H,2,4,7-8,11-17H2,1H3. The molecule has 0 bridgehead atoms. The normalized spacial score (nSPS) is 18.2. The van der Waals surface area contributed by atoms with Gasteiger partial charge >= 0.3 is 0 Å². The number of benzene rings is 1. The lowest BCUT2D eigenvalue weighted by atomic mass is 9.87. The summed E-state index contributed by atoms with van der Waals surface area (Å²) in [5.41, 5.74) is 1.68. The molecule has 1 saturated carbocycles. The average molecular weight is 440 g/mol. The van der Waals surface area contributed by atoms with Gasteiger partial charge in [0, 0.05) is 43.4 Å². The molecule has 0 unspecified atom stereocenters. The van der Waals surface area contributed by atoms with Crippen LogP contribution in [0, 0.1) is 5.92 Å². The molecule has 1 saturated heterocycles. The van der Waals surface area contributed by atoms with Crippen molar-refractivity contribution in [3.8, 4) is 0 Å². The van der Waals surface area contributed by atoms with Gasteiger partial charge < -0.3 is 9.80 Å². The quantitative estimate of drug-likeness (QED) is 0.630. The number of piperidine rings is 1. The third-order valence-electron chi connectivity index (χ3n) is 6.74. The Morgan fingerprint density at radius 1 is 1.06 bits per heavy atom. The minimum atomic E-state index is -0.00114. The topological polar surface area (TPSA) is 53.5 Å². The third-order valence-corrected chi connectivity index (χ3v) is 7.74. The molecule has 0 radical (unpaired) electrons. The molecule has 1 aliphatic heterocycles. The van der Waals surface area contributed by atoms with Gasteiger partial charge in [-0.15, -0.1) is 11.3 Å². The van der Waals surface area contributed by atoms with Crippen LogP contribution in [0.4, 0.5) is 0 Å². The first-order chi connectivity index (χ1) is 15.2. The summed E-state index contributed by atoms with van der Waals surface area (Å²) in [5, 5.41) is 2.95. The zero-order valence-electron chi connectivity index (χ0n) is 18.5. The average Bonchev–Trinajstić information content (AvgIpc) is 3.33. The van der Waals surface area contributed by atoms with Crippen LogP contribution in [0.5, 0.6) is 0 Å². The molecule has 1 aromatic carbocycles. The van der Waals surface area contributed by atoms with E-state index >= 15 is 0 Å². The van der Waals surface area contributed by atoms with E-state index in [1.54, 1.807) is 11.3 Å². The predicted octanol–water partition coefficient (Wildman–Crippen LogP) is 5.09. The van der Waals surface area contributed by atoms with Gasteiger partial charge in [0.15, 0.2) is 0 Å². The van der Waals surface area contributed by atoms with Gasteiger partial charge in [-0.25, -0.2) is 4.98 Å². The van der Waals surface area contributed by atoms with E-state index < -0.39 is 0 Å². The number of hydrogen-bond acceptors (Lipinski definition) is 4. The summed E-state index contributed by atoms with van der Waals surface area (Å²) in [7, 11) is 0. The molecule has 0 N–H and O–H groups in total. The zero-order valence-corrected chi connectivity index (χ0v) is 19.3. The second kappa shape index (κ2) is 10.4. The van der Waals surface area contributed by atoms with Gasteiger partial charge in [0.05, 0.1) is 5.01 Å². The molecule has 2 heterocycles. The fourth-order valence-electron chi connectivity index (χ4n) is 4.82. The van der Waals surface area contributed by atoms with E-state index in [1.165, 1.54) is 19.3 Å². The van der Waals surface area contributed by atoms with E-state index in [0.717, 1.165) is 49.3 Å². The van der Waals surface area contributed by atoms with E-state index in [-0.39, 0.29) is 11.8 Å². The van der Waals surface area contributed by atoms with Crippen LogP contribution in [0.1, 0.15) is 78.8 Å². The number of amides is 2. The van der Waals surface area contributed by atoms with Crippen molar-refractivity contribution in [3.05, 3.63) is 52.0 Å². The molecule has 0 spiro atoms. The van der Waals surface area contributed by atoms with Gasteiger partial charge in [0.2, 0.25) is 5.91 Å². The van der Waals surface area contributed by atoms with Crippen molar-refractivity contribution in [3.63, 3.8) is 0 Å². The molecule has 4 rings (SSSR count). The Balaban J connectivity index is 1.33. The molecule has 31 heavy (non-hydrogen) atoms. The minimum Gasteiger partial charge on any atom is -0.342 e. The van der Waals surface area contributed by atoms with E-state index in [2.05, 4.69) is 4.90 Å². The number of thiazole rings is 1. The van der Waals surface area contributed by atoms with Gasteiger partial charge in [-0.3, -0.25) is 9.59 Å². The van der Waals surface area contributed by atoms with Crippen LogP contribution < -0.4 is 0 Å². The first-order valence-electron chi connectivity index (χ1n) is 11.7. The monoisotopic (exact) mass is 439 g/mol. The van der Waals surface area contributed by atoms with Gasteiger partial charge in [-0.2, -0.15) is 0 Å². The number of carbonyl (C=O) groups excluding carboxylic acids is 2. The van der Waals surface area contributed by atoms with Crippen molar-refractivity contribution in [2.24, 2.45) is 5.92 Å². The van der Waals surface area contributed by atoms with Crippen molar-refractivity contribution in [1.82, 2.24) is 14.8 Å². The highest BCUT2D eigenvalue weighted by molar-refractivity contribution is 7.09. The van der Waals surface area contributed by atoms with Crippen molar-refractivity contribution < 1.29 is 9.59 Å². The van der Waals surface area contributed by atoms with E-state index in [9.17, 15) is 9.59 Å². The summed E-state index contributed by atoms with van der Waals surface area (Å²) < 4.78 is 0. The van der Waals surface area contributed by atoms with E-state index in [4.69, 9.17) is 4.98 Å². The Labute approximate surface area is 189 Å². The summed E-state index contributed by atoms with van der Waals surface area (Å²) in [6, 6.07) is 10.1. The molecule has 166 valence electrons. The fraction of sp³-hybridized carbons (Fsp3) is 0.560. The minimum absolute atomic E-state index is 0.00114. The van der Waals surface area contributed by atoms with Gasteiger partial charge in [-0.05, 0) is 38.2 Å². The molecule has 5 nitrogen and oxygen atoms in total. The summed E-state index contributed by atoms with van der Waals surface area (Å²) in [6.45, 7) is 4.90. The Hall–Kier alpha value is -2.21. The fourth-order valence-corrected chi connectivity index (χ4v) is 5.79. The number of hydrogen-bond donors (Lipinski definition) is 0. The first-order valence-corrected chi connectivity index (χ1v) is 12.6. The molecule has 2 fully saturated rings. The molecule has 6 heteroatoms. The number of carbonyl (C=O) groups is 2. The summed E-state index contributed by atoms with van der Waals surface area (Å²) >= 11 is 1.59. The second-order valence-electron chi connectivity index (χ2n) is 8.81. The first kappa shape index (κ1) is 22.0. The highest BCUT2D eigenvalue weighted by atomic mass is 32.1. The molecular weight excluding hydrogens is 406 g/mol. The number of rotatable bonds is 6. The lowest BCUT2D eigenvalue weighted by molar-refractivity contribution is -0.137. The van der Waals surface area contributed by atoms with Crippen LogP contribution in [-0.2, 0) is 11.3 Å². The van der Waals surface area contributed by atoms with E-state index in [0.29, 0.717) is 30.6 Å². The van der Waals surface area contributed by atoms with Crippen molar-refractivity contribution in [2.45, 2.75) is 64.3 Å². The summed E-state index contributed by atoms with van der Waals surface area (Å²) in [5.74, 6) is 0.969. The van der Waals surface area contributed by atoms with Crippen LogP contribution in [0.15, 0.2) is 35.7 Å². The third kappa shape index (κ3) is 5.35. The maximum Gasteiger partial charge on any atom is 0.273 e. The molecule has 1 aliphatic carbocycles. The van der Waals surface area contributed by atoms with Crippen LogP contribution >= 0.6 is 11.3 Å². The maximum absolute atomic E-state index is 13.0. The lowest BCUT2D eigenvalue weighted by Gasteiger charge is -2.34. The van der Waals surface area contributed by atoms with Crippen molar-refractivity contribution in [1.29, 1.82) is 0 Å². The van der Waals surface area contributed by atoms with Crippen molar-refractivity contribution in [2.75, 3.05) is 19.6 Å². The van der Waals surface area contributed by atoms with E-state index in [1.807, 2.05) is 47.5 Å². The van der Waals surface area contributed by atoms with Gasteiger partial charge in [0.1, 0.15) is 5.69 Å². The van der Waals surface area contributed by atoms with Crippen LogP contribution in [0.25, 0.3) is 0 Å². The van der Waals surface area contributed by atoms with Crippen LogP contribution in [0.2, 0.25) is 0 Å². The largest absolute Gasteiger partial charge is 0.342 e. The predicted molar refractivity (Wildman–Crippen MR) is 124 cm³/mol. The molecular formula is C25H33N3O2S. The van der Waals surface area contributed by atoms with Crippen molar-refractivity contribution >= 4 is 23.2 Å². The Bertz CT molecular complexity index is 868. The summed E-state index contributed by atoms with van der Waals surface area (Å²) in [4.78, 5) is 34.5. The molecule has 2 amide bonds. The van der Waals surface area contributed by atoms with Gasteiger partial charge in [0.25, 0.3) is 5.91 Å². The maximum atomic E-state index is 13.0. The Kier molecular flexibility index (Phi) is 7.38.